The Morgan fingerprint density at radius 3 is 2.38 bits per heavy atom. The fourth-order valence-corrected chi connectivity index (χ4v) is 3.56. The predicted octanol–water partition coefficient (Wildman–Crippen LogP) is 4.12. The van der Waals surface area contributed by atoms with Gasteiger partial charge in [0.15, 0.2) is 0 Å². The van der Waals surface area contributed by atoms with Gasteiger partial charge in [-0.05, 0) is 35.7 Å². The molecule has 3 aromatic carbocycles. The third-order valence-corrected chi connectivity index (χ3v) is 5.06. The van der Waals surface area contributed by atoms with E-state index >= 15 is 0 Å². The first-order chi connectivity index (χ1) is 12.5. The third-order valence-electron chi connectivity index (χ3n) is 5.06. The smallest absolute Gasteiger partial charge is 0.319 e. The Kier molecular flexibility index (Phi) is 3.76. The zero-order valence-corrected chi connectivity index (χ0v) is 14.8. The fraction of sp³-hybridized carbons (Fsp3) is 0.182. The van der Waals surface area contributed by atoms with Crippen molar-refractivity contribution in [2.45, 2.75) is 25.9 Å². The molecule has 0 bridgehead atoms. The monoisotopic (exact) mass is 344 g/mol. The number of urea groups is 1. The highest BCUT2D eigenvalue weighted by molar-refractivity contribution is 6.09. The van der Waals surface area contributed by atoms with Crippen LogP contribution >= 0.6 is 0 Å². The molecule has 4 heteroatoms. The average Bonchev–Trinajstić information content (AvgIpc) is 2.87. The van der Waals surface area contributed by atoms with Gasteiger partial charge in [0.25, 0.3) is 5.91 Å². The Morgan fingerprint density at radius 1 is 0.923 bits per heavy atom. The summed E-state index contributed by atoms with van der Waals surface area (Å²) in [5.74, 6) is -0.223. The number of amides is 3. The lowest BCUT2D eigenvalue weighted by atomic mass is 9.88. The topological polar surface area (TPSA) is 49.4 Å². The van der Waals surface area contributed by atoms with E-state index in [1.165, 1.54) is 4.90 Å². The summed E-state index contributed by atoms with van der Waals surface area (Å²) in [5, 5.41) is 4.93. The number of rotatable bonds is 3. The van der Waals surface area contributed by atoms with Crippen molar-refractivity contribution in [1.82, 2.24) is 10.2 Å². The van der Waals surface area contributed by atoms with E-state index in [4.69, 9.17) is 0 Å². The molecule has 4 nitrogen and oxygen atoms in total. The Bertz CT molecular complexity index is 1000. The molecule has 0 spiro atoms. The zero-order valence-electron chi connectivity index (χ0n) is 14.8. The number of carbonyl (C=O) groups excluding carboxylic acids is 2. The van der Waals surface area contributed by atoms with Crippen LogP contribution in [0.3, 0.4) is 0 Å². The van der Waals surface area contributed by atoms with Crippen LogP contribution in [0.25, 0.3) is 10.8 Å². The molecule has 1 unspecified atom stereocenters. The van der Waals surface area contributed by atoms with E-state index in [2.05, 4.69) is 5.32 Å². The summed E-state index contributed by atoms with van der Waals surface area (Å²) in [6.45, 7) is 4.06. The highest BCUT2D eigenvalue weighted by Crippen LogP contribution is 2.34. The number of fused-ring (bicyclic) bond motifs is 1. The lowest BCUT2D eigenvalue weighted by Crippen LogP contribution is -2.41. The van der Waals surface area contributed by atoms with Crippen molar-refractivity contribution in [1.29, 1.82) is 0 Å². The minimum Gasteiger partial charge on any atom is -0.319 e. The van der Waals surface area contributed by atoms with Crippen molar-refractivity contribution >= 4 is 22.7 Å². The molecular weight excluding hydrogens is 324 g/mol. The summed E-state index contributed by atoms with van der Waals surface area (Å²) < 4.78 is 0. The Morgan fingerprint density at radius 2 is 1.62 bits per heavy atom. The van der Waals surface area contributed by atoms with Gasteiger partial charge in [0, 0.05) is 0 Å². The van der Waals surface area contributed by atoms with Crippen LogP contribution in [-0.4, -0.2) is 16.8 Å². The Balaban J connectivity index is 1.72. The molecule has 3 aromatic rings. The third kappa shape index (κ3) is 2.54. The van der Waals surface area contributed by atoms with Crippen molar-refractivity contribution in [2.75, 3.05) is 0 Å². The molecule has 0 saturated carbocycles. The summed E-state index contributed by atoms with van der Waals surface area (Å²) in [6, 6.07) is 21.3. The van der Waals surface area contributed by atoms with Crippen molar-refractivity contribution in [3.05, 3.63) is 83.4 Å². The largest absolute Gasteiger partial charge is 0.325 e. The van der Waals surface area contributed by atoms with Crippen molar-refractivity contribution in [3.8, 4) is 0 Å². The Hall–Kier alpha value is -3.14. The van der Waals surface area contributed by atoms with Crippen LogP contribution in [0.2, 0.25) is 0 Å². The number of aryl methyl sites for hydroxylation is 1. The van der Waals surface area contributed by atoms with Crippen LogP contribution in [0.4, 0.5) is 4.79 Å². The number of imide groups is 1. The molecule has 1 atom stereocenters. The Labute approximate surface area is 152 Å². The SMILES string of the molecule is Cc1ccc(CN2C(=O)NC(C)(c3cccc4ccccc34)C2=O)cc1. The second kappa shape index (κ2) is 5.99. The fourth-order valence-electron chi connectivity index (χ4n) is 3.56. The molecule has 0 aromatic heterocycles. The number of benzene rings is 3. The van der Waals surface area contributed by atoms with Gasteiger partial charge in [-0.2, -0.15) is 0 Å². The second-order valence-corrected chi connectivity index (χ2v) is 6.96. The van der Waals surface area contributed by atoms with Gasteiger partial charge in [-0.25, -0.2) is 4.79 Å². The number of carbonyl (C=O) groups is 2. The van der Waals surface area contributed by atoms with Crippen LogP contribution in [-0.2, 0) is 16.9 Å². The lowest BCUT2D eigenvalue weighted by molar-refractivity contribution is -0.131. The molecule has 1 aliphatic heterocycles. The van der Waals surface area contributed by atoms with E-state index in [0.29, 0.717) is 0 Å². The minimum atomic E-state index is -1.07. The maximum atomic E-state index is 13.2. The van der Waals surface area contributed by atoms with E-state index in [1.54, 1.807) is 6.92 Å². The predicted molar refractivity (Wildman–Crippen MR) is 102 cm³/mol. The molecular formula is C22H20N2O2. The van der Waals surface area contributed by atoms with Gasteiger partial charge < -0.3 is 5.32 Å². The second-order valence-electron chi connectivity index (χ2n) is 6.96. The van der Waals surface area contributed by atoms with E-state index in [-0.39, 0.29) is 18.5 Å². The average molecular weight is 344 g/mol. The normalized spacial score (nSPS) is 19.8. The molecule has 1 fully saturated rings. The van der Waals surface area contributed by atoms with Gasteiger partial charge in [0.05, 0.1) is 6.54 Å². The van der Waals surface area contributed by atoms with Crippen LogP contribution in [0.5, 0.6) is 0 Å². The first kappa shape index (κ1) is 16.3. The molecule has 1 heterocycles. The summed E-state index contributed by atoms with van der Waals surface area (Å²) in [7, 11) is 0. The maximum absolute atomic E-state index is 13.2. The van der Waals surface area contributed by atoms with Gasteiger partial charge >= 0.3 is 6.03 Å². The van der Waals surface area contributed by atoms with E-state index in [0.717, 1.165) is 27.5 Å². The van der Waals surface area contributed by atoms with Crippen LogP contribution in [0, 0.1) is 6.92 Å². The number of nitrogens with zero attached hydrogens (tertiary/aromatic N) is 1. The standard InChI is InChI=1S/C22H20N2O2/c1-15-10-12-16(13-11-15)14-24-20(25)22(2,23-21(24)26)19-9-5-7-17-6-3-4-8-18(17)19/h3-13H,14H2,1-2H3,(H,23,26). The highest BCUT2D eigenvalue weighted by atomic mass is 16.2. The molecule has 0 radical (unpaired) electrons. The minimum absolute atomic E-state index is 0.223. The summed E-state index contributed by atoms with van der Waals surface area (Å²) in [6.07, 6.45) is 0. The summed E-state index contributed by atoms with van der Waals surface area (Å²) >= 11 is 0. The summed E-state index contributed by atoms with van der Waals surface area (Å²) in [5.41, 5.74) is 1.83. The molecule has 0 aliphatic carbocycles. The first-order valence-corrected chi connectivity index (χ1v) is 8.67. The maximum Gasteiger partial charge on any atom is 0.325 e. The molecule has 3 amide bonds. The first-order valence-electron chi connectivity index (χ1n) is 8.67. The highest BCUT2D eigenvalue weighted by Gasteiger charge is 2.49. The van der Waals surface area contributed by atoms with E-state index < -0.39 is 5.54 Å². The van der Waals surface area contributed by atoms with Crippen LogP contribution in [0.15, 0.2) is 66.7 Å². The van der Waals surface area contributed by atoms with Gasteiger partial charge in [-0.3, -0.25) is 9.69 Å². The van der Waals surface area contributed by atoms with Crippen molar-refractivity contribution < 1.29 is 9.59 Å². The van der Waals surface area contributed by atoms with Crippen molar-refractivity contribution in [3.63, 3.8) is 0 Å². The quantitative estimate of drug-likeness (QED) is 0.727. The summed E-state index contributed by atoms with van der Waals surface area (Å²) in [4.78, 5) is 27.1. The van der Waals surface area contributed by atoms with Gasteiger partial charge in [-0.1, -0.05) is 72.3 Å². The molecule has 1 aliphatic rings. The van der Waals surface area contributed by atoms with Gasteiger partial charge in [0.1, 0.15) is 5.54 Å². The van der Waals surface area contributed by atoms with Gasteiger partial charge in [-0.15, -0.1) is 0 Å². The molecule has 26 heavy (non-hydrogen) atoms. The van der Waals surface area contributed by atoms with Crippen LogP contribution < -0.4 is 5.32 Å². The molecule has 130 valence electrons. The zero-order chi connectivity index (χ0) is 18.3. The van der Waals surface area contributed by atoms with Gasteiger partial charge in [0.2, 0.25) is 0 Å². The lowest BCUT2D eigenvalue weighted by Gasteiger charge is -2.24. The van der Waals surface area contributed by atoms with E-state index in [1.807, 2.05) is 73.7 Å². The number of hydrogen-bond acceptors (Lipinski definition) is 2. The van der Waals surface area contributed by atoms with Crippen LogP contribution in [0.1, 0.15) is 23.6 Å². The number of hydrogen-bond donors (Lipinski definition) is 1. The van der Waals surface area contributed by atoms with E-state index in [9.17, 15) is 9.59 Å². The van der Waals surface area contributed by atoms with Crippen molar-refractivity contribution in [2.24, 2.45) is 0 Å². The molecule has 1 N–H and O–H groups in total. The molecule has 1 saturated heterocycles. The number of nitrogens with one attached hydrogen (secondary N) is 1. The molecule has 4 rings (SSSR count).